The summed E-state index contributed by atoms with van der Waals surface area (Å²) in [6.07, 6.45) is 8.62. The highest BCUT2D eigenvalue weighted by Gasteiger charge is 2.18. The molecular weight excluding hydrogens is 400 g/mol. The molecule has 1 aromatic heterocycles. The Kier molecular flexibility index (Phi) is 8.50. The fourth-order valence-electron chi connectivity index (χ4n) is 3.09. The summed E-state index contributed by atoms with van der Waals surface area (Å²) >= 11 is 0. The number of aromatic nitrogens is 1. The molecule has 29 heavy (non-hydrogen) atoms. The molecule has 154 valence electrons. The van der Waals surface area contributed by atoms with Crippen LogP contribution in [0.1, 0.15) is 30.5 Å². The van der Waals surface area contributed by atoms with Gasteiger partial charge in [0.15, 0.2) is 6.20 Å². The van der Waals surface area contributed by atoms with Crippen LogP contribution in [-0.2, 0) is 16.1 Å². The van der Waals surface area contributed by atoms with E-state index in [-0.39, 0.29) is 12.1 Å². The summed E-state index contributed by atoms with van der Waals surface area (Å²) in [5.41, 5.74) is 3.48. The van der Waals surface area contributed by atoms with E-state index in [1.54, 1.807) is 10.8 Å². The third-order valence-corrected chi connectivity index (χ3v) is 7.26. The second-order valence-electron chi connectivity index (χ2n) is 7.25. The van der Waals surface area contributed by atoms with Crippen LogP contribution in [0.25, 0.3) is 12.2 Å². The first-order valence-corrected chi connectivity index (χ1v) is 12.5. The summed E-state index contributed by atoms with van der Waals surface area (Å²) < 4.78 is 7.78. The van der Waals surface area contributed by atoms with Crippen molar-refractivity contribution in [1.29, 1.82) is 0 Å². The Morgan fingerprint density at radius 1 is 1.17 bits per heavy atom. The van der Waals surface area contributed by atoms with Crippen LogP contribution in [0.3, 0.4) is 0 Å². The van der Waals surface area contributed by atoms with Gasteiger partial charge in [-0.15, -0.1) is 0 Å². The Morgan fingerprint density at radius 3 is 2.72 bits per heavy atom. The highest BCUT2D eigenvalue weighted by atomic mass is 33.1. The zero-order valence-electron chi connectivity index (χ0n) is 17.1. The van der Waals surface area contributed by atoms with Gasteiger partial charge in [0.25, 0.3) is 0 Å². The average Bonchev–Trinajstić information content (AvgIpc) is 2.74. The lowest BCUT2D eigenvalue weighted by atomic mass is 10.1. The summed E-state index contributed by atoms with van der Waals surface area (Å²) in [5, 5.41) is 0. The molecule has 6 heteroatoms. The number of hydrogen-bond donors (Lipinski definition) is 0. The third-order valence-electron chi connectivity index (χ3n) is 4.77. The molecule has 0 N–H and O–H groups in total. The number of pyridine rings is 1. The van der Waals surface area contributed by atoms with Crippen molar-refractivity contribution >= 4 is 45.4 Å². The van der Waals surface area contributed by atoms with Crippen molar-refractivity contribution in [2.75, 3.05) is 30.5 Å². The Hall–Kier alpha value is -1.92. The van der Waals surface area contributed by atoms with Crippen LogP contribution in [0.15, 0.2) is 48.7 Å². The molecule has 1 atom stereocenters. The van der Waals surface area contributed by atoms with E-state index >= 15 is 0 Å². The van der Waals surface area contributed by atoms with Gasteiger partial charge in [0.2, 0.25) is 5.69 Å². The number of carbonyl (C=O) groups excluding carboxylic acids is 1. The number of ether oxygens (including phenoxy) is 1. The summed E-state index contributed by atoms with van der Waals surface area (Å²) in [4.78, 5) is 14.2. The van der Waals surface area contributed by atoms with E-state index in [1.165, 1.54) is 5.69 Å². The van der Waals surface area contributed by atoms with Crippen LogP contribution in [0.5, 0.6) is 0 Å². The smallest absolute Gasteiger partial charge is 0.306 e. The summed E-state index contributed by atoms with van der Waals surface area (Å²) in [5.74, 6) is 1.90. The molecule has 2 heterocycles. The standard InChI is InChI=1S/C23H29N2O2S2/c1-24(2)20-11-8-19(9-12-20)10-13-21-6-3-4-15-25(21)16-5-7-23(26)27-22-14-17-28-29-18-22/h3-4,6,8-13,15,22H,5,7,14,16-18H2,1-2H3/q+1. The van der Waals surface area contributed by atoms with Gasteiger partial charge in [-0.1, -0.05) is 33.7 Å². The lowest BCUT2D eigenvalue weighted by molar-refractivity contribution is -0.698. The number of rotatable bonds is 8. The third kappa shape index (κ3) is 7.12. The first-order chi connectivity index (χ1) is 14.1. The van der Waals surface area contributed by atoms with E-state index < -0.39 is 0 Å². The monoisotopic (exact) mass is 429 g/mol. The minimum Gasteiger partial charge on any atom is -0.461 e. The van der Waals surface area contributed by atoms with E-state index in [4.69, 9.17) is 4.74 Å². The van der Waals surface area contributed by atoms with E-state index in [9.17, 15) is 4.79 Å². The first-order valence-electron chi connectivity index (χ1n) is 9.99. The zero-order chi connectivity index (χ0) is 20.5. The molecule has 3 rings (SSSR count). The van der Waals surface area contributed by atoms with Gasteiger partial charge in [0, 0.05) is 55.9 Å². The van der Waals surface area contributed by atoms with Crippen molar-refractivity contribution in [2.24, 2.45) is 0 Å². The largest absolute Gasteiger partial charge is 0.461 e. The van der Waals surface area contributed by atoms with Gasteiger partial charge >= 0.3 is 5.97 Å². The molecule has 0 radical (unpaired) electrons. The van der Waals surface area contributed by atoms with Crippen LogP contribution in [-0.4, -0.2) is 37.7 Å². The second-order valence-corrected chi connectivity index (χ2v) is 9.88. The molecule has 0 saturated carbocycles. The van der Waals surface area contributed by atoms with Gasteiger partial charge in [-0.25, -0.2) is 0 Å². The molecule has 4 nitrogen and oxygen atoms in total. The topological polar surface area (TPSA) is 33.4 Å². The maximum absolute atomic E-state index is 12.1. The maximum Gasteiger partial charge on any atom is 0.306 e. The van der Waals surface area contributed by atoms with Crippen molar-refractivity contribution in [3.8, 4) is 0 Å². The number of benzene rings is 1. The number of esters is 1. The molecule has 1 saturated heterocycles. The highest BCUT2D eigenvalue weighted by Crippen LogP contribution is 2.30. The van der Waals surface area contributed by atoms with Crippen LogP contribution < -0.4 is 9.47 Å². The lowest BCUT2D eigenvalue weighted by Gasteiger charge is -2.20. The van der Waals surface area contributed by atoms with Crippen molar-refractivity contribution in [3.63, 3.8) is 0 Å². The predicted molar refractivity (Wildman–Crippen MR) is 125 cm³/mol. The van der Waals surface area contributed by atoms with E-state index in [0.29, 0.717) is 6.42 Å². The quantitative estimate of drug-likeness (QED) is 0.345. The van der Waals surface area contributed by atoms with Crippen molar-refractivity contribution < 1.29 is 14.1 Å². The Balaban J connectivity index is 1.52. The minimum absolute atomic E-state index is 0.0721. The summed E-state index contributed by atoms with van der Waals surface area (Å²) in [6, 6.07) is 14.6. The molecule has 1 aliphatic heterocycles. The van der Waals surface area contributed by atoms with Crippen molar-refractivity contribution in [1.82, 2.24) is 0 Å². The normalized spacial score (nSPS) is 16.7. The molecule has 0 aliphatic carbocycles. The van der Waals surface area contributed by atoms with Gasteiger partial charge in [0.05, 0.1) is 6.42 Å². The molecule has 1 unspecified atom stereocenters. The van der Waals surface area contributed by atoms with Gasteiger partial charge in [-0.3, -0.25) is 4.79 Å². The molecular formula is C23H29N2O2S2+. The summed E-state index contributed by atoms with van der Waals surface area (Å²) in [6.45, 7) is 0.796. The Labute approximate surface area is 181 Å². The molecule has 0 bridgehead atoms. The Bertz CT molecular complexity index is 816. The van der Waals surface area contributed by atoms with E-state index in [1.807, 2.05) is 37.0 Å². The van der Waals surface area contributed by atoms with Gasteiger partial charge < -0.3 is 9.64 Å². The first kappa shape index (κ1) is 21.8. The number of hydrogen-bond acceptors (Lipinski definition) is 5. The van der Waals surface area contributed by atoms with Crippen molar-refractivity contribution in [2.45, 2.75) is 31.9 Å². The molecule has 0 amide bonds. The fourth-order valence-corrected chi connectivity index (χ4v) is 5.43. The SMILES string of the molecule is CN(C)c1ccc(/C=C/c2cccc[n+]2CCCC(=O)OC2CCSSC2)cc1. The van der Waals surface area contributed by atoms with E-state index in [2.05, 4.69) is 58.1 Å². The number of aryl methyl sites for hydroxylation is 1. The minimum atomic E-state index is -0.0721. The van der Waals surface area contributed by atoms with E-state index in [0.717, 1.165) is 42.1 Å². The van der Waals surface area contributed by atoms with Crippen LogP contribution >= 0.6 is 21.6 Å². The van der Waals surface area contributed by atoms with Gasteiger partial charge in [-0.2, -0.15) is 4.57 Å². The van der Waals surface area contributed by atoms with Crippen molar-refractivity contribution in [3.05, 3.63) is 59.9 Å². The van der Waals surface area contributed by atoms with Crippen LogP contribution in [0, 0.1) is 0 Å². The van der Waals surface area contributed by atoms with Crippen LogP contribution in [0.2, 0.25) is 0 Å². The molecule has 1 aliphatic rings. The second kappa shape index (κ2) is 11.3. The number of nitrogens with zero attached hydrogens (tertiary/aromatic N) is 2. The van der Waals surface area contributed by atoms with Crippen LogP contribution in [0.4, 0.5) is 5.69 Å². The maximum atomic E-state index is 12.1. The zero-order valence-corrected chi connectivity index (χ0v) is 18.8. The molecule has 1 fully saturated rings. The molecule has 0 spiro atoms. The molecule has 1 aromatic carbocycles. The summed E-state index contributed by atoms with van der Waals surface area (Å²) in [7, 11) is 7.74. The molecule has 2 aromatic rings. The fraction of sp³-hybridized carbons (Fsp3) is 0.391. The Morgan fingerprint density at radius 2 is 2.00 bits per heavy atom. The van der Waals surface area contributed by atoms with Gasteiger partial charge in [-0.05, 0) is 36.3 Å². The number of carbonyl (C=O) groups is 1. The van der Waals surface area contributed by atoms with Gasteiger partial charge in [0.1, 0.15) is 12.6 Å². The average molecular weight is 430 g/mol. The lowest BCUT2D eigenvalue weighted by Crippen LogP contribution is -2.36. The highest BCUT2D eigenvalue weighted by molar-refractivity contribution is 8.76. The number of anilines is 1. The predicted octanol–water partition coefficient (Wildman–Crippen LogP) is 4.69.